The number of nitrogens with one attached hydrogen (secondary N) is 1. The first-order valence-electron chi connectivity index (χ1n) is 6.42. The van der Waals surface area contributed by atoms with E-state index >= 15 is 0 Å². The van der Waals surface area contributed by atoms with Crippen molar-refractivity contribution in [2.75, 3.05) is 29.6 Å². The lowest BCUT2D eigenvalue weighted by molar-refractivity contribution is 0.0698. The van der Waals surface area contributed by atoms with E-state index in [0.717, 1.165) is 24.2 Å². The maximum atomic E-state index is 11.1. The van der Waals surface area contributed by atoms with E-state index in [0.29, 0.717) is 5.69 Å². The van der Waals surface area contributed by atoms with Gasteiger partial charge in [0.2, 0.25) is 0 Å². The number of carbonyl (C=O) groups is 1. The van der Waals surface area contributed by atoms with E-state index in [-0.39, 0.29) is 5.56 Å². The first kappa shape index (κ1) is 15.7. The van der Waals surface area contributed by atoms with Crippen LogP contribution in [0.2, 0.25) is 0 Å². The van der Waals surface area contributed by atoms with Crippen LogP contribution in [0.25, 0.3) is 0 Å². The average molecular weight is 282 g/mol. The second-order valence-electron chi connectivity index (χ2n) is 4.54. The number of nitrogen functional groups attached to an aromatic ring is 1. The molecular formula is C14H22N2O2S. The summed E-state index contributed by atoms with van der Waals surface area (Å²) in [5.41, 5.74) is 7.89. The first-order valence-corrected chi connectivity index (χ1v) is 7.82. The maximum Gasteiger partial charge on any atom is 0.337 e. The van der Waals surface area contributed by atoms with Crippen molar-refractivity contribution in [2.24, 2.45) is 0 Å². The molecule has 0 aromatic heterocycles. The minimum Gasteiger partial charge on any atom is -0.478 e. The second-order valence-corrected chi connectivity index (χ2v) is 5.53. The molecule has 4 N–H and O–H groups in total. The van der Waals surface area contributed by atoms with E-state index < -0.39 is 5.97 Å². The van der Waals surface area contributed by atoms with Crippen molar-refractivity contribution in [3.63, 3.8) is 0 Å². The quantitative estimate of drug-likeness (QED) is 0.504. The largest absolute Gasteiger partial charge is 0.478 e. The van der Waals surface area contributed by atoms with Crippen molar-refractivity contribution in [3.05, 3.63) is 23.3 Å². The van der Waals surface area contributed by atoms with Gasteiger partial charge in [-0.2, -0.15) is 11.8 Å². The lowest BCUT2D eigenvalue weighted by Gasteiger charge is -2.11. The molecule has 0 aliphatic rings. The lowest BCUT2D eigenvalue weighted by Crippen LogP contribution is -2.08. The number of rotatable bonds is 8. The number of nitrogens with two attached hydrogens (primary N) is 1. The highest BCUT2D eigenvalue weighted by Crippen LogP contribution is 2.22. The van der Waals surface area contributed by atoms with E-state index in [1.54, 1.807) is 6.07 Å². The Labute approximate surface area is 118 Å². The Morgan fingerprint density at radius 2 is 2.11 bits per heavy atom. The third kappa shape index (κ3) is 5.03. The van der Waals surface area contributed by atoms with Crippen LogP contribution in [-0.4, -0.2) is 29.6 Å². The molecule has 0 bridgehead atoms. The van der Waals surface area contributed by atoms with E-state index in [4.69, 9.17) is 10.8 Å². The number of thioether (sulfide) groups is 1. The zero-order valence-corrected chi connectivity index (χ0v) is 12.3. The normalized spacial score (nSPS) is 10.4. The molecule has 4 nitrogen and oxygen atoms in total. The monoisotopic (exact) mass is 282 g/mol. The Bertz CT molecular complexity index is 436. The van der Waals surface area contributed by atoms with Crippen LogP contribution in [0, 0.1) is 6.92 Å². The zero-order chi connectivity index (χ0) is 14.3. The zero-order valence-electron chi connectivity index (χ0n) is 11.5. The molecule has 106 valence electrons. The van der Waals surface area contributed by atoms with Gasteiger partial charge in [0.25, 0.3) is 0 Å². The van der Waals surface area contributed by atoms with E-state index in [9.17, 15) is 4.79 Å². The van der Waals surface area contributed by atoms with Crippen LogP contribution < -0.4 is 11.1 Å². The van der Waals surface area contributed by atoms with E-state index in [2.05, 4.69) is 11.6 Å². The fraction of sp³-hybridized carbons (Fsp3) is 0.500. The number of aromatic carboxylic acids is 1. The van der Waals surface area contributed by atoms with Crippen LogP contribution in [0.5, 0.6) is 0 Å². The van der Waals surface area contributed by atoms with Gasteiger partial charge in [-0.3, -0.25) is 0 Å². The molecule has 0 saturated carbocycles. The van der Waals surface area contributed by atoms with E-state index in [1.165, 1.54) is 18.6 Å². The van der Waals surface area contributed by atoms with Crippen molar-refractivity contribution < 1.29 is 9.90 Å². The molecule has 0 heterocycles. The number of aryl methyl sites for hydroxylation is 1. The summed E-state index contributed by atoms with van der Waals surface area (Å²) in [6.45, 7) is 2.68. The summed E-state index contributed by atoms with van der Waals surface area (Å²) >= 11 is 1.87. The number of hydrogen-bond acceptors (Lipinski definition) is 4. The smallest absolute Gasteiger partial charge is 0.337 e. The predicted octanol–water partition coefficient (Wildman–Crippen LogP) is 3.22. The van der Waals surface area contributed by atoms with Crippen LogP contribution in [0.3, 0.4) is 0 Å². The molecule has 1 aromatic carbocycles. The van der Waals surface area contributed by atoms with Gasteiger partial charge < -0.3 is 16.2 Å². The molecule has 0 radical (unpaired) electrons. The third-order valence-electron chi connectivity index (χ3n) is 2.97. The molecule has 0 spiro atoms. The summed E-state index contributed by atoms with van der Waals surface area (Å²) in [5, 5.41) is 12.3. The van der Waals surface area contributed by atoms with Crippen LogP contribution in [-0.2, 0) is 0 Å². The topological polar surface area (TPSA) is 75.3 Å². The Balaban J connectivity index is 2.52. The minimum absolute atomic E-state index is 0.171. The summed E-state index contributed by atoms with van der Waals surface area (Å²) in [6.07, 6.45) is 5.62. The van der Waals surface area contributed by atoms with Crippen molar-refractivity contribution >= 4 is 29.1 Å². The van der Waals surface area contributed by atoms with Gasteiger partial charge in [-0.15, -0.1) is 0 Å². The van der Waals surface area contributed by atoms with Crippen molar-refractivity contribution in [1.29, 1.82) is 0 Å². The summed E-state index contributed by atoms with van der Waals surface area (Å²) in [6, 6.07) is 3.50. The molecule has 0 saturated heterocycles. The predicted molar refractivity (Wildman–Crippen MR) is 83.3 cm³/mol. The second kappa shape index (κ2) is 7.94. The Morgan fingerprint density at radius 3 is 2.74 bits per heavy atom. The molecule has 0 atom stereocenters. The minimum atomic E-state index is -0.982. The maximum absolute atomic E-state index is 11.1. The summed E-state index contributed by atoms with van der Waals surface area (Å²) in [7, 11) is 0. The molecular weight excluding hydrogens is 260 g/mol. The lowest BCUT2D eigenvalue weighted by atomic mass is 10.1. The van der Waals surface area contributed by atoms with Crippen LogP contribution in [0.15, 0.2) is 12.1 Å². The van der Waals surface area contributed by atoms with Crippen molar-refractivity contribution in [3.8, 4) is 0 Å². The SMILES string of the molecule is CSCCCCCNc1cc(C)c(N)c(C(=O)O)c1. The Morgan fingerprint density at radius 1 is 1.37 bits per heavy atom. The van der Waals surface area contributed by atoms with Crippen molar-refractivity contribution in [1.82, 2.24) is 0 Å². The van der Waals surface area contributed by atoms with Crippen LogP contribution >= 0.6 is 11.8 Å². The van der Waals surface area contributed by atoms with Gasteiger partial charge >= 0.3 is 5.97 Å². The number of carboxylic acid groups (broad SMARTS) is 1. The number of unbranched alkanes of at least 4 members (excludes halogenated alkanes) is 2. The number of carboxylic acids is 1. The first-order chi connectivity index (χ1) is 9.06. The standard InChI is InChI=1S/C14H22N2O2S/c1-10-8-11(9-12(13(10)15)14(17)18)16-6-4-3-5-7-19-2/h8-9,16H,3-7,15H2,1-2H3,(H,17,18). The molecule has 0 aliphatic carbocycles. The van der Waals surface area contributed by atoms with Gasteiger partial charge in [0.1, 0.15) is 0 Å². The highest BCUT2D eigenvalue weighted by Gasteiger charge is 2.11. The highest BCUT2D eigenvalue weighted by molar-refractivity contribution is 7.98. The fourth-order valence-corrected chi connectivity index (χ4v) is 2.35. The highest BCUT2D eigenvalue weighted by atomic mass is 32.2. The molecule has 0 unspecified atom stereocenters. The van der Waals surface area contributed by atoms with Crippen LogP contribution in [0.4, 0.5) is 11.4 Å². The van der Waals surface area contributed by atoms with Gasteiger partial charge in [-0.1, -0.05) is 6.42 Å². The molecule has 0 aliphatic heterocycles. The average Bonchev–Trinajstić information content (AvgIpc) is 2.37. The van der Waals surface area contributed by atoms with E-state index in [1.807, 2.05) is 24.8 Å². The third-order valence-corrected chi connectivity index (χ3v) is 3.67. The number of hydrogen-bond donors (Lipinski definition) is 3. The molecule has 19 heavy (non-hydrogen) atoms. The molecule has 0 amide bonds. The van der Waals surface area contributed by atoms with Crippen LogP contribution in [0.1, 0.15) is 35.2 Å². The molecule has 5 heteroatoms. The Kier molecular flexibility index (Phi) is 6.56. The van der Waals surface area contributed by atoms with Gasteiger partial charge in [0, 0.05) is 17.9 Å². The summed E-state index contributed by atoms with van der Waals surface area (Å²) < 4.78 is 0. The van der Waals surface area contributed by atoms with Gasteiger partial charge in [-0.05, 0) is 49.5 Å². The fourth-order valence-electron chi connectivity index (χ4n) is 1.86. The van der Waals surface area contributed by atoms with Gasteiger partial charge in [0.05, 0.1) is 5.56 Å². The number of anilines is 2. The molecule has 0 fully saturated rings. The summed E-state index contributed by atoms with van der Waals surface area (Å²) in [4.78, 5) is 11.1. The summed E-state index contributed by atoms with van der Waals surface area (Å²) in [5.74, 6) is 0.216. The Hall–Kier alpha value is -1.36. The molecule has 1 rings (SSSR count). The molecule has 1 aromatic rings. The van der Waals surface area contributed by atoms with Gasteiger partial charge in [-0.25, -0.2) is 4.79 Å². The van der Waals surface area contributed by atoms with Crippen molar-refractivity contribution in [2.45, 2.75) is 26.2 Å². The van der Waals surface area contributed by atoms with Gasteiger partial charge in [0.15, 0.2) is 0 Å². The number of benzene rings is 1.